The first-order valence-electron chi connectivity index (χ1n) is 8.26. The SMILES string of the molecule is COc1ccc(Nc2nccc(Nc3c(C)cccc3C)n2)c(OC)c1. The summed E-state index contributed by atoms with van der Waals surface area (Å²) in [4.78, 5) is 8.83. The van der Waals surface area contributed by atoms with Gasteiger partial charge in [0.1, 0.15) is 17.3 Å². The number of ether oxygens (including phenoxy) is 2. The summed E-state index contributed by atoms with van der Waals surface area (Å²) in [6, 6.07) is 13.5. The lowest BCUT2D eigenvalue weighted by molar-refractivity contribution is 0.395. The Hall–Kier alpha value is -3.28. The number of methoxy groups -OCH3 is 2. The van der Waals surface area contributed by atoms with Crippen molar-refractivity contribution in [2.75, 3.05) is 24.9 Å². The quantitative estimate of drug-likeness (QED) is 0.677. The van der Waals surface area contributed by atoms with Gasteiger partial charge in [0.2, 0.25) is 5.95 Å². The average molecular weight is 350 g/mol. The molecule has 26 heavy (non-hydrogen) atoms. The Morgan fingerprint density at radius 1 is 0.885 bits per heavy atom. The highest BCUT2D eigenvalue weighted by Gasteiger charge is 2.08. The highest BCUT2D eigenvalue weighted by atomic mass is 16.5. The molecule has 0 aliphatic heterocycles. The van der Waals surface area contributed by atoms with E-state index < -0.39 is 0 Å². The molecule has 0 aliphatic rings. The Kier molecular flexibility index (Phi) is 5.22. The van der Waals surface area contributed by atoms with E-state index in [2.05, 4.69) is 46.6 Å². The summed E-state index contributed by atoms with van der Waals surface area (Å²) < 4.78 is 10.6. The second-order valence-corrected chi connectivity index (χ2v) is 5.85. The van der Waals surface area contributed by atoms with Crippen molar-refractivity contribution in [3.05, 3.63) is 59.8 Å². The number of benzene rings is 2. The number of hydrogen-bond acceptors (Lipinski definition) is 6. The highest BCUT2D eigenvalue weighted by Crippen LogP contribution is 2.31. The summed E-state index contributed by atoms with van der Waals surface area (Å²) in [5.41, 5.74) is 4.14. The van der Waals surface area contributed by atoms with Crippen LogP contribution in [-0.2, 0) is 0 Å². The van der Waals surface area contributed by atoms with E-state index in [0.717, 1.165) is 28.3 Å². The van der Waals surface area contributed by atoms with E-state index in [1.807, 2.05) is 24.3 Å². The topological polar surface area (TPSA) is 68.3 Å². The Morgan fingerprint density at radius 2 is 1.65 bits per heavy atom. The van der Waals surface area contributed by atoms with Crippen molar-refractivity contribution >= 4 is 23.1 Å². The van der Waals surface area contributed by atoms with E-state index in [1.165, 1.54) is 0 Å². The molecule has 0 fully saturated rings. The summed E-state index contributed by atoms with van der Waals surface area (Å²) in [7, 11) is 3.23. The van der Waals surface area contributed by atoms with Crippen molar-refractivity contribution in [2.24, 2.45) is 0 Å². The zero-order valence-corrected chi connectivity index (χ0v) is 15.3. The average Bonchev–Trinajstić information content (AvgIpc) is 2.65. The number of anilines is 4. The summed E-state index contributed by atoms with van der Waals surface area (Å²) in [5.74, 6) is 2.57. The van der Waals surface area contributed by atoms with Crippen LogP contribution in [0.25, 0.3) is 0 Å². The molecular formula is C20H22N4O2. The van der Waals surface area contributed by atoms with Crippen molar-refractivity contribution in [1.82, 2.24) is 9.97 Å². The zero-order valence-electron chi connectivity index (χ0n) is 15.3. The molecule has 0 radical (unpaired) electrons. The van der Waals surface area contributed by atoms with Crippen molar-refractivity contribution in [1.29, 1.82) is 0 Å². The van der Waals surface area contributed by atoms with Gasteiger partial charge in [0.25, 0.3) is 0 Å². The molecule has 2 aromatic carbocycles. The Morgan fingerprint density at radius 3 is 2.35 bits per heavy atom. The van der Waals surface area contributed by atoms with Crippen LogP contribution in [0.5, 0.6) is 11.5 Å². The predicted octanol–water partition coefficient (Wildman–Crippen LogP) is 4.60. The Bertz CT molecular complexity index is 892. The van der Waals surface area contributed by atoms with Gasteiger partial charge in [-0.1, -0.05) is 18.2 Å². The van der Waals surface area contributed by atoms with Gasteiger partial charge < -0.3 is 20.1 Å². The van der Waals surface area contributed by atoms with Gasteiger partial charge >= 0.3 is 0 Å². The molecule has 0 bridgehead atoms. The summed E-state index contributed by atoms with van der Waals surface area (Å²) in [5, 5.41) is 6.56. The zero-order chi connectivity index (χ0) is 18.5. The van der Waals surface area contributed by atoms with Gasteiger partial charge in [-0.15, -0.1) is 0 Å². The van der Waals surface area contributed by atoms with Gasteiger partial charge in [-0.25, -0.2) is 4.98 Å². The molecule has 1 heterocycles. The fourth-order valence-corrected chi connectivity index (χ4v) is 2.65. The Balaban J connectivity index is 1.84. The third kappa shape index (κ3) is 3.85. The van der Waals surface area contributed by atoms with E-state index in [9.17, 15) is 0 Å². The van der Waals surface area contributed by atoms with Crippen LogP contribution in [0.4, 0.5) is 23.1 Å². The van der Waals surface area contributed by atoms with Crippen molar-refractivity contribution in [3.8, 4) is 11.5 Å². The van der Waals surface area contributed by atoms with Crippen molar-refractivity contribution < 1.29 is 9.47 Å². The lowest BCUT2D eigenvalue weighted by atomic mass is 10.1. The van der Waals surface area contributed by atoms with E-state index in [1.54, 1.807) is 26.5 Å². The molecule has 3 aromatic rings. The number of para-hydroxylation sites is 1. The number of aryl methyl sites for hydroxylation is 2. The van der Waals surface area contributed by atoms with Gasteiger partial charge in [0.15, 0.2) is 0 Å². The maximum absolute atomic E-state index is 5.40. The fourth-order valence-electron chi connectivity index (χ4n) is 2.65. The molecular weight excluding hydrogens is 328 g/mol. The number of hydrogen-bond donors (Lipinski definition) is 2. The lowest BCUT2D eigenvalue weighted by Gasteiger charge is -2.14. The Labute approximate surface area is 153 Å². The first-order chi connectivity index (χ1) is 12.6. The molecule has 0 unspecified atom stereocenters. The number of nitrogens with one attached hydrogen (secondary N) is 2. The van der Waals surface area contributed by atoms with Crippen LogP contribution < -0.4 is 20.1 Å². The molecule has 0 atom stereocenters. The van der Waals surface area contributed by atoms with E-state index in [-0.39, 0.29) is 0 Å². The third-order valence-electron chi connectivity index (χ3n) is 4.04. The van der Waals surface area contributed by atoms with Gasteiger partial charge in [-0.3, -0.25) is 0 Å². The minimum Gasteiger partial charge on any atom is -0.497 e. The molecule has 6 nitrogen and oxygen atoms in total. The molecule has 6 heteroatoms. The number of aromatic nitrogens is 2. The molecule has 1 aromatic heterocycles. The maximum atomic E-state index is 5.40. The minimum absolute atomic E-state index is 0.477. The smallest absolute Gasteiger partial charge is 0.229 e. The normalized spacial score (nSPS) is 10.3. The standard InChI is InChI=1S/C20H22N4O2/c1-13-6-5-7-14(2)19(13)23-18-10-11-21-20(24-18)22-16-9-8-15(25-3)12-17(16)26-4/h5-12H,1-4H3,(H2,21,22,23,24). The van der Waals surface area contributed by atoms with Crippen LogP contribution in [-0.4, -0.2) is 24.2 Å². The van der Waals surface area contributed by atoms with Gasteiger partial charge in [-0.05, 0) is 43.2 Å². The second-order valence-electron chi connectivity index (χ2n) is 5.85. The van der Waals surface area contributed by atoms with Crippen LogP contribution in [0.2, 0.25) is 0 Å². The summed E-state index contributed by atoms with van der Waals surface area (Å²) >= 11 is 0. The molecule has 0 spiro atoms. The predicted molar refractivity (Wildman–Crippen MR) is 104 cm³/mol. The van der Waals surface area contributed by atoms with Crippen molar-refractivity contribution in [3.63, 3.8) is 0 Å². The molecule has 0 aliphatic carbocycles. The van der Waals surface area contributed by atoms with Gasteiger partial charge in [0, 0.05) is 18.0 Å². The summed E-state index contributed by atoms with van der Waals surface area (Å²) in [6.07, 6.45) is 1.71. The molecule has 0 saturated carbocycles. The van der Waals surface area contributed by atoms with Crippen LogP contribution in [0.15, 0.2) is 48.7 Å². The highest BCUT2D eigenvalue weighted by molar-refractivity contribution is 5.67. The first kappa shape index (κ1) is 17.5. The van der Waals surface area contributed by atoms with Crippen molar-refractivity contribution in [2.45, 2.75) is 13.8 Å². The van der Waals surface area contributed by atoms with E-state index in [4.69, 9.17) is 9.47 Å². The number of rotatable bonds is 6. The van der Waals surface area contributed by atoms with Crippen LogP contribution >= 0.6 is 0 Å². The van der Waals surface area contributed by atoms with Crippen LogP contribution in [0.1, 0.15) is 11.1 Å². The van der Waals surface area contributed by atoms with E-state index >= 15 is 0 Å². The van der Waals surface area contributed by atoms with Gasteiger partial charge in [-0.2, -0.15) is 4.98 Å². The first-order valence-corrected chi connectivity index (χ1v) is 8.26. The largest absolute Gasteiger partial charge is 0.497 e. The minimum atomic E-state index is 0.477. The number of nitrogens with zero attached hydrogens (tertiary/aromatic N) is 2. The summed E-state index contributed by atoms with van der Waals surface area (Å²) in [6.45, 7) is 4.13. The molecule has 134 valence electrons. The molecule has 0 amide bonds. The van der Waals surface area contributed by atoms with E-state index in [0.29, 0.717) is 17.5 Å². The van der Waals surface area contributed by atoms with Crippen LogP contribution in [0.3, 0.4) is 0 Å². The van der Waals surface area contributed by atoms with Crippen LogP contribution in [0, 0.1) is 13.8 Å². The van der Waals surface area contributed by atoms with Gasteiger partial charge in [0.05, 0.1) is 19.9 Å². The maximum Gasteiger partial charge on any atom is 0.229 e. The third-order valence-corrected chi connectivity index (χ3v) is 4.04. The second kappa shape index (κ2) is 7.74. The lowest BCUT2D eigenvalue weighted by Crippen LogP contribution is -2.03. The molecule has 0 saturated heterocycles. The fraction of sp³-hybridized carbons (Fsp3) is 0.200. The monoisotopic (exact) mass is 350 g/mol. The molecule has 3 rings (SSSR count). The molecule has 2 N–H and O–H groups in total.